The van der Waals surface area contributed by atoms with Crippen molar-refractivity contribution in [1.82, 2.24) is 10.2 Å². The highest BCUT2D eigenvalue weighted by Gasteiger charge is 2.30. The van der Waals surface area contributed by atoms with Gasteiger partial charge in [-0.1, -0.05) is 35.0 Å². The molecule has 0 aliphatic rings. The molecule has 0 saturated heterocycles. The predicted octanol–water partition coefficient (Wildman–Crippen LogP) is 3.95. The molecule has 0 bridgehead atoms. The summed E-state index contributed by atoms with van der Waals surface area (Å²) in [6.45, 7) is 7.55. The Bertz CT molecular complexity index is 1090. The zero-order chi connectivity index (χ0) is 26.2. The van der Waals surface area contributed by atoms with Gasteiger partial charge in [-0.05, 0) is 69.2 Å². The van der Waals surface area contributed by atoms with Crippen LogP contribution in [0, 0.1) is 0 Å². The maximum absolute atomic E-state index is 13.5. The van der Waals surface area contributed by atoms with E-state index in [0.717, 1.165) is 27.0 Å². The van der Waals surface area contributed by atoms with E-state index in [4.69, 9.17) is 4.74 Å². The Morgan fingerprint density at radius 3 is 2.14 bits per heavy atom. The molecular formula is C25H34BrN3O5S. The van der Waals surface area contributed by atoms with E-state index < -0.39 is 28.5 Å². The Kier molecular flexibility index (Phi) is 10.6. The van der Waals surface area contributed by atoms with Crippen LogP contribution < -0.4 is 14.4 Å². The number of hydrogen-bond acceptors (Lipinski definition) is 5. The van der Waals surface area contributed by atoms with Crippen molar-refractivity contribution in [3.63, 3.8) is 0 Å². The number of amides is 2. The number of rotatable bonds is 12. The minimum atomic E-state index is -3.78. The molecule has 10 heteroatoms. The highest BCUT2D eigenvalue weighted by Crippen LogP contribution is 2.23. The van der Waals surface area contributed by atoms with Gasteiger partial charge in [0.2, 0.25) is 21.8 Å². The van der Waals surface area contributed by atoms with Crippen molar-refractivity contribution in [1.29, 1.82) is 0 Å². The molecule has 35 heavy (non-hydrogen) atoms. The van der Waals surface area contributed by atoms with Gasteiger partial charge in [0.25, 0.3) is 0 Å². The number of carbonyl (C=O) groups excluding carboxylic acids is 2. The molecule has 2 aromatic rings. The Morgan fingerprint density at radius 1 is 1.03 bits per heavy atom. The van der Waals surface area contributed by atoms with Crippen LogP contribution in [0.2, 0.25) is 0 Å². The van der Waals surface area contributed by atoms with E-state index >= 15 is 0 Å². The van der Waals surface area contributed by atoms with Crippen molar-refractivity contribution < 1.29 is 22.7 Å². The lowest BCUT2D eigenvalue weighted by Gasteiger charge is -2.32. The molecule has 2 unspecified atom stereocenters. The second-order valence-corrected chi connectivity index (χ2v) is 11.2. The number of nitrogens with zero attached hydrogens (tertiary/aromatic N) is 2. The number of hydrogen-bond donors (Lipinski definition) is 1. The summed E-state index contributed by atoms with van der Waals surface area (Å²) < 4.78 is 32.6. The van der Waals surface area contributed by atoms with Crippen molar-refractivity contribution in [2.75, 3.05) is 23.7 Å². The molecule has 0 saturated carbocycles. The fourth-order valence-electron chi connectivity index (χ4n) is 3.32. The molecule has 2 aromatic carbocycles. The van der Waals surface area contributed by atoms with Gasteiger partial charge >= 0.3 is 0 Å². The molecule has 0 fully saturated rings. The minimum absolute atomic E-state index is 0.0500. The van der Waals surface area contributed by atoms with E-state index in [1.54, 1.807) is 31.2 Å². The molecule has 0 heterocycles. The van der Waals surface area contributed by atoms with Crippen LogP contribution in [-0.4, -0.2) is 56.6 Å². The third kappa shape index (κ3) is 8.54. The monoisotopic (exact) mass is 567 g/mol. The van der Waals surface area contributed by atoms with Gasteiger partial charge in [0.05, 0.1) is 18.6 Å². The Labute approximate surface area is 216 Å². The molecule has 192 valence electrons. The van der Waals surface area contributed by atoms with Crippen molar-refractivity contribution in [3.05, 3.63) is 58.6 Å². The zero-order valence-electron chi connectivity index (χ0n) is 20.8. The molecule has 8 nitrogen and oxygen atoms in total. The lowest BCUT2D eigenvalue weighted by atomic mass is 10.1. The second kappa shape index (κ2) is 12.9. The number of anilines is 1. The lowest BCUT2D eigenvalue weighted by molar-refractivity contribution is -0.139. The average Bonchev–Trinajstić information content (AvgIpc) is 2.81. The van der Waals surface area contributed by atoms with Gasteiger partial charge in [-0.25, -0.2) is 8.42 Å². The van der Waals surface area contributed by atoms with E-state index in [1.807, 2.05) is 45.0 Å². The van der Waals surface area contributed by atoms with E-state index in [0.29, 0.717) is 18.0 Å². The summed E-state index contributed by atoms with van der Waals surface area (Å²) in [4.78, 5) is 27.8. The highest BCUT2D eigenvalue weighted by molar-refractivity contribution is 9.10. The van der Waals surface area contributed by atoms with E-state index in [-0.39, 0.29) is 18.5 Å². The summed E-state index contributed by atoms with van der Waals surface area (Å²) in [5, 5.41) is 2.91. The van der Waals surface area contributed by atoms with Crippen molar-refractivity contribution in [3.8, 4) is 5.75 Å². The van der Waals surface area contributed by atoms with Crippen LogP contribution in [0.5, 0.6) is 5.75 Å². The Balaban J connectivity index is 2.35. The first kappa shape index (κ1) is 28.6. The fraction of sp³-hybridized carbons (Fsp3) is 0.440. The standard InChI is InChI=1S/C25H34BrN3O5S/c1-6-18(3)27-25(31)19(4)28(16-20-8-10-21(26)11-9-20)24(30)17-29(35(5,32)33)22-12-14-23(15-13-22)34-7-2/h8-15,18-19H,6-7,16-17H2,1-5H3,(H,27,31). The number of ether oxygens (including phenoxy) is 1. The van der Waals surface area contributed by atoms with Crippen molar-refractivity contribution in [2.45, 2.75) is 52.7 Å². The molecule has 0 aromatic heterocycles. The molecule has 0 aliphatic heterocycles. The third-order valence-electron chi connectivity index (χ3n) is 5.55. The summed E-state index contributed by atoms with van der Waals surface area (Å²) in [5.41, 5.74) is 1.15. The minimum Gasteiger partial charge on any atom is -0.494 e. The van der Waals surface area contributed by atoms with Crippen LogP contribution in [0.4, 0.5) is 5.69 Å². The van der Waals surface area contributed by atoms with Crippen LogP contribution in [0.3, 0.4) is 0 Å². The largest absolute Gasteiger partial charge is 0.494 e. The molecule has 2 amide bonds. The van der Waals surface area contributed by atoms with Gasteiger partial charge in [-0.2, -0.15) is 0 Å². The normalized spacial score (nSPS) is 13.0. The van der Waals surface area contributed by atoms with Crippen LogP contribution in [-0.2, 0) is 26.2 Å². The fourth-order valence-corrected chi connectivity index (χ4v) is 4.44. The number of benzene rings is 2. The topological polar surface area (TPSA) is 96.0 Å². The quantitative estimate of drug-likeness (QED) is 0.419. The number of carbonyl (C=O) groups is 2. The van der Waals surface area contributed by atoms with Gasteiger partial charge < -0.3 is 15.0 Å². The Hall–Kier alpha value is -2.59. The predicted molar refractivity (Wildman–Crippen MR) is 142 cm³/mol. The highest BCUT2D eigenvalue weighted by atomic mass is 79.9. The molecule has 0 radical (unpaired) electrons. The molecular weight excluding hydrogens is 534 g/mol. The van der Waals surface area contributed by atoms with Crippen LogP contribution in [0.15, 0.2) is 53.0 Å². The summed E-state index contributed by atoms with van der Waals surface area (Å²) in [7, 11) is -3.78. The Morgan fingerprint density at radius 2 is 1.63 bits per heavy atom. The van der Waals surface area contributed by atoms with Gasteiger partial charge in [-0.15, -0.1) is 0 Å². The van der Waals surface area contributed by atoms with E-state index in [9.17, 15) is 18.0 Å². The van der Waals surface area contributed by atoms with E-state index in [1.165, 1.54) is 4.90 Å². The molecule has 2 rings (SSSR count). The molecule has 0 aliphatic carbocycles. The second-order valence-electron chi connectivity index (χ2n) is 8.34. The van der Waals surface area contributed by atoms with Crippen molar-refractivity contribution in [2.24, 2.45) is 0 Å². The third-order valence-corrected chi connectivity index (χ3v) is 7.22. The van der Waals surface area contributed by atoms with Gasteiger partial charge in [0.15, 0.2) is 0 Å². The summed E-state index contributed by atoms with van der Waals surface area (Å²) in [5.74, 6) is -0.181. The number of sulfonamides is 1. The lowest BCUT2D eigenvalue weighted by Crippen LogP contribution is -2.52. The summed E-state index contributed by atoms with van der Waals surface area (Å²) in [6.07, 6.45) is 1.80. The molecule has 0 spiro atoms. The van der Waals surface area contributed by atoms with E-state index in [2.05, 4.69) is 21.2 Å². The van der Waals surface area contributed by atoms with Crippen LogP contribution >= 0.6 is 15.9 Å². The SMILES string of the molecule is CCOc1ccc(N(CC(=O)N(Cc2ccc(Br)cc2)C(C)C(=O)NC(C)CC)S(C)(=O)=O)cc1. The van der Waals surface area contributed by atoms with Crippen LogP contribution in [0.25, 0.3) is 0 Å². The van der Waals surface area contributed by atoms with Crippen molar-refractivity contribution >= 4 is 43.5 Å². The first-order chi connectivity index (χ1) is 16.5. The average molecular weight is 569 g/mol. The number of halogens is 1. The van der Waals surface area contributed by atoms with Gasteiger partial charge in [0.1, 0.15) is 18.3 Å². The zero-order valence-corrected chi connectivity index (χ0v) is 23.2. The first-order valence-electron chi connectivity index (χ1n) is 11.5. The number of nitrogens with one attached hydrogen (secondary N) is 1. The van der Waals surface area contributed by atoms with Crippen LogP contribution in [0.1, 0.15) is 39.7 Å². The maximum atomic E-state index is 13.5. The molecule has 1 N–H and O–H groups in total. The molecule has 2 atom stereocenters. The summed E-state index contributed by atoms with van der Waals surface area (Å²) in [6, 6.07) is 13.1. The summed E-state index contributed by atoms with van der Waals surface area (Å²) >= 11 is 3.40. The smallest absolute Gasteiger partial charge is 0.244 e. The maximum Gasteiger partial charge on any atom is 0.244 e. The van der Waals surface area contributed by atoms with Gasteiger partial charge in [-0.3, -0.25) is 13.9 Å². The first-order valence-corrected chi connectivity index (χ1v) is 14.1. The van der Waals surface area contributed by atoms with Gasteiger partial charge in [0, 0.05) is 17.1 Å².